The van der Waals surface area contributed by atoms with Gasteiger partial charge in [0, 0.05) is 12.3 Å². The fourth-order valence-corrected chi connectivity index (χ4v) is 1.70. The summed E-state index contributed by atoms with van der Waals surface area (Å²) in [6.07, 6.45) is 3.08. The van der Waals surface area contributed by atoms with E-state index in [9.17, 15) is 4.79 Å². The number of pyridine rings is 2. The SMILES string of the molecule is COc1ccc(N[C@H](C)C(=O)Nc2ccc(Cl)cn2)cn1. The molecule has 0 aliphatic rings. The molecule has 110 valence electrons. The molecule has 6 nitrogen and oxygen atoms in total. The van der Waals surface area contributed by atoms with Gasteiger partial charge >= 0.3 is 0 Å². The van der Waals surface area contributed by atoms with Gasteiger partial charge in [0.2, 0.25) is 11.8 Å². The number of halogens is 1. The third kappa shape index (κ3) is 4.32. The van der Waals surface area contributed by atoms with Crippen molar-refractivity contribution in [2.24, 2.45) is 0 Å². The molecule has 0 radical (unpaired) electrons. The van der Waals surface area contributed by atoms with Gasteiger partial charge in [-0.3, -0.25) is 4.79 Å². The molecule has 2 aromatic heterocycles. The normalized spacial score (nSPS) is 11.6. The van der Waals surface area contributed by atoms with E-state index in [4.69, 9.17) is 16.3 Å². The van der Waals surface area contributed by atoms with Crippen molar-refractivity contribution >= 4 is 29.0 Å². The molecule has 2 N–H and O–H groups in total. The summed E-state index contributed by atoms with van der Waals surface area (Å²) in [6.45, 7) is 1.75. The molecule has 7 heteroatoms. The van der Waals surface area contributed by atoms with Crippen molar-refractivity contribution in [1.82, 2.24) is 9.97 Å². The van der Waals surface area contributed by atoms with E-state index in [-0.39, 0.29) is 5.91 Å². The first kappa shape index (κ1) is 15.1. The van der Waals surface area contributed by atoms with Gasteiger partial charge in [0.1, 0.15) is 11.9 Å². The number of aromatic nitrogens is 2. The van der Waals surface area contributed by atoms with E-state index in [1.54, 1.807) is 44.5 Å². The van der Waals surface area contributed by atoms with Crippen molar-refractivity contribution in [3.05, 3.63) is 41.7 Å². The highest BCUT2D eigenvalue weighted by atomic mass is 35.5. The number of hydrogen-bond donors (Lipinski definition) is 2. The smallest absolute Gasteiger partial charge is 0.247 e. The Labute approximate surface area is 127 Å². The third-order valence-electron chi connectivity index (χ3n) is 2.70. The Hall–Kier alpha value is -2.34. The van der Waals surface area contributed by atoms with Crippen molar-refractivity contribution < 1.29 is 9.53 Å². The lowest BCUT2D eigenvalue weighted by molar-refractivity contribution is -0.116. The van der Waals surface area contributed by atoms with E-state index in [0.29, 0.717) is 16.7 Å². The first-order chi connectivity index (χ1) is 10.1. The summed E-state index contributed by atoms with van der Waals surface area (Å²) < 4.78 is 4.97. The molecule has 0 spiro atoms. The molecule has 0 unspecified atom stereocenters. The van der Waals surface area contributed by atoms with Crippen molar-refractivity contribution in [3.8, 4) is 5.88 Å². The molecule has 0 saturated carbocycles. The van der Waals surface area contributed by atoms with Gasteiger partial charge in [-0.15, -0.1) is 0 Å². The van der Waals surface area contributed by atoms with Crippen molar-refractivity contribution in [1.29, 1.82) is 0 Å². The zero-order valence-electron chi connectivity index (χ0n) is 11.6. The molecule has 0 fully saturated rings. The van der Waals surface area contributed by atoms with Crippen LogP contribution in [0.4, 0.5) is 11.5 Å². The molecule has 1 atom stereocenters. The second kappa shape index (κ2) is 6.90. The van der Waals surface area contributed by atoms with Crippen LogP contribution in [0.15, 0.2) is 36.7 Å². The van der Waals surface area contributed by atoms with Crippen molar-refractivity contribution in [2.75, 3.05) is 17.7 Å². The van der Waals surface area contributed by atoms with Gasteiger partial charge in [-0.1, -0.05) is 11.6 Å². The number of carbonyl (C=O) groups excluding carboxylic acids is 1. The predicted molar refractivity (Wildman–Crippen MR) is 81.8 cm³/mol. The molecule has 2 heterocycles. The van der Waals surface area contributed by atoms with Crippen LogP contribution in [-0.2, 0) is 4.79 Å². The molecule has 2 rings (SSSR count). The second-order valence-electron chi connectivity index (χ2n) is 4.31. The van der Waals surface area contributed by atoms with E-state index in [2.05, 4.69) is 20.6 Å². The maximum Gasteiger partial charge on any atom is 0.247 e. The van der Waals surface area contributed by atoms with Crippen molar-refractivity contribution in [3.63, 3.8) is 0 Å². The van der Waals surface area contributed by atoms with E-state index in [1.165, 1.54) is 6.20 Å². The summed E-state index contributed by atoms with van der Waals surface area (Å²) in [5, 5.41) is 6.25. The van der Waals surface area contributed by atoms with Gasteiger partial charge in [-0.05, 0) is 25.1 Å². The minimum absolute atomic E-state index is 0.208. The van der Waals surface area contributed by atoms with Crippen LogP contribution >= 0.6 is 11.6 Å². The molecular formula is C14H15ClN4O2. The first-order valence-corrected chi connectivity index (χ1v) is 6.65. The minimum Gasteiger partial charge on any atom is -0.481 e. The van der Waals surface area contributed by atoms with Crippen LogP contribution in [0.2, 0.25) is 5.02 Å². The average Bonchev–Trinajstić information content (AvgIpc) is 2.50. The Morgan fingerprint density at radius 2 is 2.05 bits per heavy atom. The largest absolute Gasteiger partial charge is 0.481 e. The Kier molecular flexibility index (Phi) is 4.94. The van der Waals surface area contributed by atoms with Crippen LogP contribution in [0.1, 0.15) is 6.92 Å². The Bertz CT molecular complexity index is 601. The molecular weight excluding hydrogens is 292 g/mol. The van der Waals surface area contributed by atoms with Crippen LogP contribution in [0.25, 0.3) is 0 Å². The molecule has 1 amide bonds. The lowest BCUT2D eigenvalue weighted by atomic mass is 10.3. The van der Waals surface area contributed by atoms with Gasteiger partial charge in [0.15, 0.2) is 0 Å². The number of ether oxygens (including phenoxy) is 1. The Balaban J connectivity index is 1.93. The summed E-state index contributed by atoms with van der Waals surface area (Å²) in [5.74, 6) is 0.759. The molecule has 0 aliphatic heterocycles. The Morgan fingerprint density at radius 1 is 1.24 bits per heavy atom. The maximum atomic E-state index is 12.0. The highest BCUT2D eigenvalue weighted by Crippen LogP contribution is 2.13. The second-order valence-corrected chi connectivity index (χ2v) is 4.74. The van der Waals surface area contributed by atoms with Gasteiger partial charge in [-0.2, -0.15) is 0 Å². The monoisotopic (exact) mass is 306 g/mol. The molecule has 0 aliphatic carbocycles. The zero-order valence-corrected chi connectivity index (χ0v) is 12.4. The van der Waals surface area contributed by atoms with Gasteiger partial charge < -0.3 is 15.4 Å². The molecule has 2 aromatic rings. The topological polar surface area (TPSA) is 76.1 Å². The van der Waals surface area contributed by atoms with E-state index in [0.717, 1.165) is 5.69 Å². The fraction of sp³-hybridized carbons (Fsp3) is 0.214. The van der Waals surface area contributed by atoms with Crippen LogP contribution in [0.3, 0.4) is 0 Å². The van der Waals surface area contributed by atoms with Crippen LogP contribution in [0, 0.1) is 0 Å². The van der Waals surface area contributed by atoms with Crippen LogP contribution in [-0.4, -0.2) is 29.0 Å². The minimum atomic E-state index is -0.447. The quantitative estimate of drug-likeness (QED) is 0.888. The summed E-state index contributed by atoms with van der Waals surface area (Å²) in [5.41, 5.74) is 0.725. The van der Waals surface area contributed by atoms with Crippen LogP contribution in [0.5, 0.6) is 5.88 Å². The fourth-order valence-electron chi connectivity index (χ4n) is 1.59. The lowest BCUT2D eigenvalue weighted by Crippen LogP contribution is -2.32. The van der Waals surface area contributed by atoms with Gasteiger partial charge in [0.25, 0.3) is 0 Å². The summed E-state index contributed by atoms with van der Waals surface area (Å²) >= 11 is 5.74. The molecule has 0 bridgehead atoms. The third-order valence-corrected chi connectivity index (χ3v) is 2.92. The highest BCUT2D eigenvalue weighted by Gasteiger charge is 2.13. The standard InChI is InChI=1S/C14H15ClN4O2/c1-9(18-11-4-6-13(21-2)17-8-11)14(20)19-12-5-3-10(15)7-16-12/h3-9,18H,1-2H3,(H,16,19,20)/t9-/m1/s1. The van der Waals surface area contributed by atoms with Crippen molar-refractivity contribution in [2.45, 2.75) is 13.0 Å². The van der Waals surface area contributed by atoms with E-state index >= 15 is 0 Å². The number of anilines is 2. The molecule has 0 aromatic carbocycles. The average molecular weight is 307 g/mol. The summed E-state index contributed by atoms with van der Waals surface area (Å²) in [4.78, 5) is 20.1. The number of methoxy groups -OCH3 is 1. The van der Waals surface area contributed by atoms with E-state index in [1.807, 2.05) is 0 Å². The summed E-state index contributed by atoms with van der Waals surface area (Å²) in [6, 6.07) is 6.36. The van der Waals surface area contributed by atoms with E-state index < -0.39 is 6.04 Å². The predicted octanol–water partition coefficient (Wildman–Crippen LogP) is 2.58. The number of carbonyl (C=O) groups is 1. The van der Waals surface area contributed by atoms with Gasteiger partial charge in [-0.25, -0.2) is 9.97 Å². The maximum absolute atomic E-state index is 12.0. The van der Waals surface area contributed by atoms with Crippen LogP contribution < -0.4 is 15.4 Å². The number of rotatable bonds is 5. The summed E-state index contributed by atoms with van der Waals surface area (Å²) in [7, 11) is 1.55. The molecule has 0 saturated heterocycles. The number of nitrogens with one attached hydrogen (secondary N) is 2. The van der Waals surface area contributed by atoms with Gasteiger partial charge in [0.05, 0.1) is 24.0 Å². The first-order valence-electron chi connectivity index (χ1n) is 6.27. The lowest BCUT2D eigenvalue weighted by Gasteiger charge is -2.14. The highest BCUT2D eigenvalue weighted by molar-refractivity contribution is 6.30. The number of hydrogen-bond acceptors (Lipinski definition) is 5. The number of amides is 1. The zero-order chi connectivity index (χ0) is 15.2. The number of nitrogens with zero attached hydrogens (tertiary/aromatic N) is 2. The Morgan fingerprint density at radius 3 is 2.62 bits per heavy atom. The molecule has 21 heavy (non-hydrogen) atoms.